The molecule has 0 spiro atoms. The monoisotopic (exact) mass is 304 g/mol. The van der Waals surface area contributed by atoms with Crippen LogP contribution in [0.3, 0.4) is 0 Å². The topological polar surface area (TPSA) is 40.5 Å². The third-order valence-electron chi connectivity index (χ3n) is 3.60. The highest BCUT2D eigenvalue weighted by Gasteiger charge is 2.10. The molecule has 0 aliphatic heterocycles. The van der Waals surface area contributed by atoms with Crippen LogP contribution in [0.2, 0.25) is 0 Å². The van der Waals surface area contributed by atoms with Gasteiger partial charge in [-0.1, -0.05) is 43.2 Å². The molecule has 0 radical (unpaired) electrons. The Morgan fingerprint density at radius 1 is 1.24 bits per heavy atom. The zero-order chi connectivity index (χ0) is 15.1. The van der Waals surface area contributed by atoms with Gasteiger partial charge < -0.3 is 10.2 Å². The van der Waals surface area contributed by atoms with Crippen molar-refractivity contribution in [3.05, 3.63) is 47.4 Å². The maximum absolute atomic E-state index is 7.61. The molecule has 1 fully saturated rings. The molecule has 1 aliphatic rings. The van der Waals surface area contributed by atoms with Crippen LogP contribution < -0.4 is 0 Å². The molecule has 0 bridgehead atoms. The second-order valence-electron chi connectivity index (χ2n) is 5.56. The van der Waals surface area contributed by atoms with Gasteiger partial charge in [-0.2, -0.15) is 0 Å². The number of aliphatic hydroxyl groups is 2. The number of hydrogen-bond acceptors (Lipinski definition) is 3. The van der Waals surface area contributed by atoms with E-state index >= 15 is 0 Å². The molecule has 0 unspecified atom stereocenters. The number of fused-ring (bicyclic) bond motifs is 1. The summed E-state index contributed by atoms with van der Waals surface area (Å²) in [4.78, 5) is 1.49. The Balaban J connectivity index is 0.000000361. The highest BCUT2D eigenvalue weighted by Crippen LogP contribution is 2.28. The molecular formula is C18H24O2S. The first-order chi connectivity index (χ1) is 10.1. The first-order valence-corrected chi connectivity index (χ1v) is 8.47. The van der Waals surface area contributed by atoms with E-state index < -0.39 is 6.29 Å². The van der Waals surface area contributed by atoms with Gasteiger partial charge in [0.2, 0.25) is 0 Å². The lowest BCUT2D eigenvalue weighted by Gasteiger charge is -1.98. The molecule has 3 rings (SSSR count). The lowest BCUT2D eigenvalue weighted by Crippen LogP contribution is -1.92. The van der Waals surface area contributed by atoms with Crippen molar-refractivity contribution >= 4 is 21.4 Å². The highest BCUT2D eigenvalue weighted by molar-refractivity contribution is 7.19. The first kappa shape index (κ1) is 16.2. The summed E-state index contributed by atoms with van der Waals surface area (Å²) in [5.74, 6) is 0.865. The largest absolute Gasteiger partial charge is 0.368 e. The second-order valence-corrected chi connectivity index (χ2v) is 6.73. The molecule has 1 saturated carbocycles. The van der Waals surface area contributed by atoms with Gasteiger partial charge in [0.05, 0.1) is 0 Å². The van der Waals surface area contributed by atoms with Crippen molar-refractivity contribution in [2.75, 3.05) is 0 Å². The van der Waals surface area contributed by atoms with Crippen LogP contribution in [0.1, 0.15) is 37.5 Å². The van der Waals surface area contributed by atoms with Crippen molar-refractivity contribution in [2.45, 2.75) is 45.3 Å². The van der Waals surface area contributed by atoms with E-state index in [1.54, 1.807) is 0 Å². The summed E-state index contributed by atoms with van der Waals surface area (Å²) in [6, 6.07) is 11.0. The Kier molecular flexibility index (Phi) is 6.43. The van der Waals surface area contributed by atoms with Crippen LogP contribution in [0.5, 0.6) is 0 Å². The summed E-state index contributed by atoms with van der Waals surface area (Å²) < 4.78 is 1.41. The van der Waals surface area contributed by atoms with Crippen molar-refractivity contribution < 1.29 is 10.2 Å². The minimum Gasteiger partial charge on any atom is -0.368 e. The van der Waals surface area contributed by atoms with Gasteiger partial charge in [0, 0.05) is 9.58 Å². The molecule has 1 aromatic heterocycles. The van der Waals surface area contributed by atoms with E-state index in [0.29, 0.717) is 0 Å². The SMILES string of the molecule is C(=C\C1CCCC1)/Cc1cc2ccccc2s1.CC(O)O. The molecule has 2 aromatic rings. The molecule has 1 heterocycles. The zero-order valence-corrected chi connectivity index (χ0v) is 13.4. The fourth-order valence-electron chi connectivity index (χ4n) is 2.66. The molecular weight excluding hydrogens is 280 g/mol. The highest BCUT2D eigenvalue weighted by atomic mass is 32.1. The van der Waals surface area contributed by atoms with Gasteiger partial charge >= 0.3 is 0 Å². The van der Waals surface area contributed by atoms with Gasteiger partial charge in [-0.3, -0.25) is 0 Å². The Morgan fingerprint density at radius 2 is 1.90 bits per heavy atom. The van der Waals surface area contributed by atoms with E-state index in [0.717, 1.165) is 12.3 Å². The van der Waals surface area contributed by atoms with E-state index in [4.69, 9.17) is 10.2 Å². The van der Waals surface area contributed by atoms with Gasteiger partial charge in [0.1, 0.15) is 6.29 Å². The molecule has 21 heavy (non-hydrogen) atoms. The number of rotatable bonds is 3. The number of thiophene rings is 1. The van der Waals surface area contributed by atoms with Crippen molar-refractivity contribution in [3.63, 3.8) is 0 Å². The van der Waals surface area contributed by atoms with E-state index in [1.807, 2.05) is 11.3 Å². The molecule has 0 saturated heterocycles. The van der Waals surface area contributed by atoms with Crippen molar-refractivity contribution in [2.24, 2.45) is 5.92 Å². The van der Waals surface area contributed by atoms with Crippen LogP contribution in [-0.4, -0.2) is 16.5 Å². The summed E-state index contributed by atoms with van der Waals surface area (Å²) >= 11 is 1.93. The van der Waals surface area contributed by atoms with Crippen LogP contribution >= 0.6 is 11.3 Å². The van der Waals surface area contributed by atoms with Gasteiger partial charge in [-0.15, -0.1) is 11.3 Å². The van der Waals surface area contributed by atoms with E-state index in [2.05, 4.69) is 42.5 Å². The van der Waals surface area contributed by atoms with Crippen molar-refractivity contribution in [1.82, 2.24) is 0 Å². The fraction of sp³-hybridized carbons (Fsp3) is 0.444. The lowest BCUT2D eigenvalue weighted by molar-refractivity contribution is -0.0228. The Labute approximate surface area is 130 Å². The van der Waals surface area contributed by atoms with Gasteiger partial charge in [-0.25, -0.2) is 0 Å². The van der Waals surface area contributed by atoms with Crippen molar-refractivity contribution in [1.29, 1.82) is 0 Å². The number of allylic oxidation sites excluding steroid dienone is 2. The maximum Gasteiger partial charge on any atom is 0.148 e. The van der Waals surface area contributed by atoms with E-state index in [1.165, 1.54) is 47.6 Å². The molecule has 114 valence electrons. The normalized spacial score (nSPS) is 15.8. The van der Waals surface area contributed by atoms with Gasteiger partial charge in [0.25, 0.3) is 0 Å². The Hall–Kier alpha value is -1.16. The fourth-order valence-corrected chi connectivity index (χ4v) is 3.70. The summed E-state index contributed by atoms with van der Waals surface area (Å²) in [5, 5.41) is 16.6. The second kappa shape index (κ2) is 8.32. The van der Waals surface area contributed by atoms with Crippen molar-refractivity contribution in [3.8, 4) is 0 Å². The average molecular weight is 304 g/mol. The Bertz CT molecular complexity index is 530. The molecule has 1 aromatic carbocycles. The van der Waals surface area contributed by atoms with Gasteiger partial charge in [-0.05, 0) is 49.6 Å². The number of benzene rings is 1. The van der Waals surface area contributed by atoms with Crippen LogP contribution in [0, 0.1) is 5.92 Å². The first-order valence-electron chi connectivity index (χ1n) is 7.65. The molecule has 2 nitrogen and oxygen atoms in total. The maximum atomic E-state index is 7.61. The zero-order valence-electron chi connectivity index (χ0n) is 12.5. The molecule has 0 amide bonds. The molecule has 3 heteroatoms. The van der Waals surface area contributed by atoms with E-state index in [9.17, 15) is 0 Å². The third kappa shape index (κ3) is 5.62. The molecule has 1 aliphatic carbocycles. The Morgan fingerprint density at radius 3 is 2.57 bits per heavy atom. The smallest absolute Gasteiger partial charge is 0.148 e. The van der Waals surface area contributed by atoms with Crippen LogP contribution in [0.15, 0.2) is 42.5 Å². The minimum atomic E-state index is -1.17. The van der Waals surface area contributed by atoms with Gasteiger partial charge in [0.15, 0.2) is 0 Å². The summed E-state index contributed by atoms with van der Waals surface area (Å²) in [5.41, 5.74) is 0. The lowest BCUT2D eigenvalue weighted by atomic mass is 10.1. The van der Waals surface area contributed by atoms with Crippen LogP contribution in [0.25, 0.3) is 10.1 Å². The summed E-state index contributed by atoms with van der Waals surface area (Å²) in [6.45, 7) is 1.28. The quantitative estimate of drug-likeness (QED) is 0.647. The minimum absolute atomic E-state index is 0.865. The average Bonchev–Trinajstić information content (AvgIpc) is 3.06. The molecule has 0 atom stereocenters. The predicted octanol–water partition coefficient (Wildman–Crippen LogP) is 4.51. The standard InChI is InChI=1S/C16H18S.C2H6O2/c1-2-7-13(6-1)8-5-10-15-12-14-9-3-4-11-16(14)17-15;1-2(3)4/h3-5,8-9,11-13H,1-2,6-7,10H2;2-4H,1H3/b8-5+;. The predicted molar refractivity (Wildman–Crippen MR) is 90.5 cm³/mol. The summed E-state index contributed by atoms with van der Waals surface area (Å²) in [7, 11) is 0. The summed E-state index contributed by atoms with van der Waals surface area (Å²) in [6.07, 6.45) is 10.4. The van der Waals surface area contributed by atoms with Crippen LogP contribution in [0.4, 0.5) is 0 Å². The number of hydrogen-bond donors (Lipinski definition) is 2. The van der Waals surface area contributed by atoms with Crippen LogP contribution in [-0.2, 0) is 6.42 Å². The third-order valence-corrected chi connectivity index (χ3v) is 4.74. The van der Waals surface area contributed by atoms with E-state index in [-0.39, 0.29) is 0 Å². The number of aliphatic hydroxyl groups excluding tert-OH is 1. The molecule has 2 N–H and O–H groups in total.